The lowest BCUT2D eigenvalue weighted by Gasteiger charge is -2.18. The molecule has 0 bridgehead atoms. The smallest absolute Gasteiger partial charge is 0.306 e. The van der Waals surface area contributed by atoms with E-state index in [4.69, 9.17) is 14.2 Å². The topological polar surface area (TPSA) is 78.9 Å². The molecule has 0 aromatic heterocycles. The summed E-state index contributed by atoms with van der Waals surface area (Å²) in [7, 11) is 0. The van der Waals surface area contributed by atoms with Gasteiger partial charge in [0.25, 0.3) is 0 Å². The number of hydrogen-bond donors (Lipinski definition) is 0. The number of carbonyl (C=O) groups excluding carboxylic acids is 3. The van der Waals surface area contributed by atoms with Crippen molar-refractivity contribution in [3.05, 3.63) is 48.6 Å². The highest BCUT2D eigenvalue weighted by molar-refractivity contribution is 5.71. The minimum absolute atomic E-state index is 0.0791. The Bertz CT molecular complexity index is 1140. The number of esters is 3. The molecule has 378 valence electrons. The second kappa shape index (κ2) is 54.0. The van der Waals surface area contributed by atoms with Crippen LogP contribution >= 0.6 is 0 Å². The Hall–Kier alpha value is -2.63. The Morgan fingerprint density at radius 3 is 0.954 bits per heavy atom. The predicted molar refractivity (Wildman–Crippen MR) is 279 cm³/mol. The van der Waals surface area contributed by atoms with Gasteiger partial charge in [0.2, 0.25) is 0 Å². The fourth-order valence-corrected chi connectivity index (χ4v) is 8.10. The first kappa shape index (κ1) is 62.4. The Morgan fingerprint density at radius 1 is 0.323 bits per heavy atom. The van der Waals surface area contributed by atoms with Crippen LogP contribution in [0.1, 0.15) is 290 Å². The lowest BCUT2D eigenvalue weighted by molar-refractivity contribution is -0.167. The first-order valence-electron chi connectivity index (χ1n) is 28.1. The van der Waals surface area contributed by atoms with E-state index in [0.29, 0.717) is 19.3 Å². The molecule has 0 saturated carbocycles. The van der Waals surface area contributed by atoms with Crippen molar-refractivity contribution in [2.45, 2.75) is 297 Å². The molecule has 6 nitrogen and oxygen atoms in total. The van der Waals surface area contributed by atoms with Crippen LogP contribution < -0.4 is 0 Å². The van der Waals surface area contributed by atoms with Crippen LogP contribution in [0.3, 0.4) is 0 Å². The summed E-state index contributed by atoms with van der Waals surface area (Å²) in [5.41, 5.74) is 0. The molecule has 0 saturated heterocycles. The molecular weight excluding hydrogens is 805 g/mol. The van der Waals surface area contributed by atoms with Crippen molar-refractivity contribution in [3.8, 4) is 0 Å². The summed E-state index contributed by atoms with van der Waals surface area (Å²) >= 11 is 0. The number of hydrogen-bond acceptors (Lipinski definition) is 6. The van der Waals surface area contributed by atoms with Crippen molar-refractivity contribution >= 4 is 17.9 Å². The van der Waals surface area contributed by atoms with Crippen LogP contribution in [0.15, 0.2) is 48.6 Å². The average Bonchev–Trinajstić information content (AvgIpc) is 3.30. The maximum absolute atomic E-state index is 12.8. The highest BCUT2D eigenvalue weighted by Gasteiger charge is 2.19. The molecule has 0 heterocycles. The normalized spacial score (nSPS) is 12.4. The minimum atomic E-state index is -0.782. The van der Waals surface area contributed by atoms with E-state index in [2.05, 4.69) is 69.4 Å². The van der Waals surface area contributed by atoms with Crippen LogP contribution in [0, 0.1) is 0 Å². The van der Waals surface area contributed by atoms with E-state index < -0.39 is 6.10 Å². The van der Waals surface area contributed by atoms with E-state index in [9.17, 15) is 14.4 Å². The molecule has 0 radical (unpaired) electrons. The molecule has 0 aromatic rings. The monoisotopic (exact) mass is 911 g/mol. The minimum Gasteiger partial charge on any atom is -0.462 e. The van der Waals surface area contributed by atoms with Crippen molar-refractivity contribution in [2.75, 3.05) is 13.2 Å². The zero-order valence-corrected chi connectivity index (χ0v) is 43.3. The summed E-state index contributed by atoms with van der Waals surface area (Å²) in [6.45, 7) is 6.53. The van der Waals surface area contributed by atoms with Crippen molar-refractivity contribution in [1.29, 1.82) is 0 Å². The molecule has 6 heteroatoms. The van der Waals surface area contributed by atoms with Crippen LogP contribution in [0.25, 0.3) is 0 Å². The van der Waals surface area contributed by atoms with E-state index in [0.717, 1.165) is 109 Å². The van der Waals surface area contributed by atoms with Crippen LogP contribution in [0.4, 0.5) is 0 Å². The average molecular weight is 911 g/mol. The van der Waals surface area contributed by atoms with Gasteiger partial charge in [-0.3, -0.25) is 14.4 Å². The van der Waals surface area contributed by atoms with E-state index >= 15 is 0 Å². The summed E-state index contributed by atoms with van der Waals surface area (Å²) < 4.78 is 16.8. The zero-order chi connectivity index (χ0) is 47.2. The first-order valence-corrected chi connectivity index (χ1v) is 28.1. The van der Waals surface area contributed by atoms with Gasteiger partial charge in [0.15, 0.2) is 6.10 Å². The predicted octanol–water partition coefficient (Wildman–Crippen LogP) is 18.7. The van der Waals surface area contributed by atoms with Crippen LogP contribution in [0.2, 0.25) is 0 Å². The Balaban J connectivity index is 4.38. The van der Waals surface area contributed by atoms with Crippen LogP contribution in [0.5, 0.6) is 0 Å². The lowest BCUT2D eigenvalue weighted by atomic mass is 10.0. The second-order valence-electron chi connectivity index (χ2n) is 18.8. The van der Waals surface area contributed by atoms with Gasteiger partial charge in [-0.15, -0.1) is 0 Å². The fraction of sp³-hybridized carbons (Fsp3) is 0.814. The van der Waals surface area contributed by atoms with E-state index in [1.54, 1.807) is 0 Å². The number of ether oxygens (including phenoxy) is 3. The molecule has 0 amide bonds. The Labute approximate surface area is 403 Å². The van der Waals surface area contributed by atoms with Gasteiger partial charge in [-0.05, 0) is 77.0 Å². The molecule has 0 spiro atoms. The molecule has 0 aliphatic carbocycles. The molecule has 0 rings (SSSR count). The highest BCUT2D eigenvalue weighted by Crippen LogP contribution is 2.16. The highest BCUT2D eigenvalue weighted by atomic mass is 16.6. The van der Waals surface area contributed by atoms with E-state index in [-0.39, 0.29) is 31.1 Å². The molecule has 1 unspecified atom stereocenters. The third-order valence-corrected chi connectivity index (χ3v) is 12.3. The van der Waals surface area contributed by atoms with Gasteiger partial charge < -0.3 is 14.2 Å². The maximum atomic E-state index is 12.8. The number of rotatable bonds is 51. The third-order valence-electron chi connectivity index (χ3n) is 12.3. The summed E-state index contributed by atoms with van der Waals surface area (Å²) in [6.07, 6.45) is 65.2. The van der Waals surface area contributed by atoms with Gasteiger partial charge in [0.05, 0.1) is 0 Å². The number of allylic oxidation sites excluding steroid dienone is 8. The van der Waals surface area contributed by atoms with Gasteiger partial charge in [-0.1, -0.05) is 243 Å². The lowest BCUT2D eigenvalue weighted by Crippen LogP contribution is -2.30. The maximum Gasteiger partial charge on any atom is 0.306 e. The first-order chi connectivity index (χ1) is 32.0. The van der Waals surface area contributed by atoms with Crippen molar-refractivity contribution in [2.24, 2.45) is 0 Å². The van der Waals surface area contributed by atoms with Gasteiger partial charge in [0.1, 0.15) is 13.2 Å². The summed E-state index contributed by atoms with van der Waals surface area (Å²) in [5, 5.41) is 0. The van der Waals surface area contributed by atoms with Crippen LogP contribution in [-0.4, -0.2) is 37.2 Å². The van der Waals surface area contributed by atoms with Gasteiger partial charge >= 0.3 is 17.9 Å². The third kappa shape index (κ3) is 52.2. The molecule has 0 fully saturated rings. The van der Waals surface area contributed by atoms with E-state index in [1.165, 1.54) is 141 Å². The molecular formula is C59H106O6. The summed E-state index contributed by atoms with van der Waals surface area (Å²) in [6, 6.07) is 0. The second-order valence-corrected chi connectivity index (χ2v) is 18.8. The SMILES string of the molecule is CCC=CCC=CCC=CCCCCCCCC(=O)OCC(COC(=O)CCCCCCCCCCCCCCCCCCC)OC(=O)CCCCCCCC=CCCCCCCCC. The number of unbranched alkanes of at least 4 members (excludes halogenated alkanes) is 32. The molecule has 65 heavy (non-hydrogen) atoms. The Kier molecular flexibility index (Phi) is 51.8. The molecule has 0 aliphatic heterocycles. The summed E-state index contributed by atoms with van der Waals surface area (Å²) in [4.78, 5) is 38.1. The molecule has 0 aromatic carbocycles. The largest absolute Gasteiger partial charge is 0.462 e. The van der Waals surface area contributed by atoms with Crippen molar-refractivity contribution in [3.63, 3.8) is 0 Å². The standard InChI is InChI=1S/C59H106O6/c1-4-7-10-13-16-19-22-25-28-29-32-34-37-40-43-46-49-52-58(61)64-55-56(65-59(62)53-50-47-44-41-38-35-31-27-24-21-18-15-12-9-6-3)54-63-57(60)51-48-45-42-39-36-33-30-26-23-20-17-14-11-8-5-2/h8,11,17,20,26-27,30-31,56H,4-7,9-10,12-16,18-19,21-25,28-29,32-55H2,1-3H3. The van der Waals surface area contributed by atoms with Gasteiger partial charge in [0, 0.05) is 19.3 Å². The zero-order valence-electron chi connectivity index (χ0n) is 43.3. The molecule has 1 atom stereocenters. The quantitative estimate of drug-likeness (QED) is 0.0262. The van der Waals surface area contributed by atoms with Gasteiger partial charge in [-0.25, -0.2) is 0 Å². The number of carbonyl (C=O) groups is 3. The van der Waals surface area contributed by atoms with Crippen molar-refractivity contribution < 1.29 is 28.6 Å². The van der Waals surface area contributed by atoms with Crippen molar-refractivity contribution in [1.82, 2.24) is 0 Å². The van der Waals surface area contributed by atoms with Crippen LogP contribution in [-0.2, 0) is 28.6 Å². The summed E-state index contributed by atoms with van der Waals surface area (Å²) in [5.74, 6) is -0.892. The Morgan fingerprint density at radius 2 is 0.600 bits per heavy atom. The van der Waals surface area contributed by atoms with E-state index in [1.807, 2.05) is 0 Å². The molecule has 0 N–H and O–H groups in total. The van der Waals surface area contributed by atoms with Gasteiger partial charge in [-0.2, -0.15) is 0 Å². The fourth-order valence-electron chi connectivity index (χ4n) is 8.10. The molecule has 0 aliphatic rings.